The van der Waals surface area contributed by atoms with E-state index in [4.69, 9.17) is 22.3 Å². The van der Waals surface area contributed by atoms with Crippen molar-refractivity contribution in [1.29, 1.82) is 0 Å². The minimum Gasteiger partial charge on any atom is -0.394 e. The molecule has 11 atom stereocenters. The van der Waals surface area contributed by atoms with Crippen LogP contribution in [0.1, 0.15) is 161 Å². The number of amides is 11. The third-order valence-electron chi connectivity index (χ3n) is 21.2. The third kappa shape index (κ3) is 29.0. The molecule has 8 rings (SSSR count). The highest BCUT2D eigenvalue weighted by molar-refractivity contribution is 6.30. The summed E-state index contributed by atoms with van der Waals surface area (Å²) < 4.78 is 0. The number of benzene rings is 4. The fourth-order valence-corrected chi connectivity index (χ4v) is 14.9. The molecule has 11 amide bonds. The maximum absolute atomic E-state index is 15.9. The fourth-order valence-electron chi connectivity index (χ4n) is 14.7. The van der Waals surface area contributed by atoms with Gasteiger partial charge in [0.05, 0.1) is 6.61 Å². The van der Waals surface area contributed by atoms with Gasteiger partial charge in [-0.1, -0.05) is 129 Å². The number of nitrogens with one attached hydrogen (secondary N) is 12. The molecular weight excluding hydrogens is 1580 g/mol. The van der Waals surface area contributed by atoms with Gasteiger partial charge in [0.1, 0.15) is 60.2 Å². The van der Waals surface area contributed by atoms with Gasteiger partial charge in [-0.05, 0) is 181 Å². The number of hydrogen-bond acceptors (Lipinski definition) is 22. The van der Waals surface area contributed by atoms with Gasteiger partial charge in [-0.3, -0.25) is 57.6 Å². The number of carbonyl (C=O) groups excluding carboxylic acids is 11. The number of likely N-dealkylation sites (N-methyl/N-ethyl adjacent to an activating group) is 1. The summed E-state index contributed by atoms with van der Waals surface area (Å²) in [5.74, 6) is -7.72. The lowest BCUT2D eigenvalue weighted by atomic mass is 9.97. The highest BCUT2D eigenvalue weighted by Crippen LogP contribution is 2.31. The molecule has 0 spiro atoms. The van der Waals surface area contributed by atoms with Crippen molar-refractivity contribution in [2.75, 3.05) is 69.4 Å². The first-order valence-corrected chi connectivity index (χ1v) is 42.3. The molecule has 4 heterocycles. The molecular formula is C86H120ClN23O12. The van der Waals surface area contributed by atoms with E-state index in [0.29, 0.717) is 108 Å². The van der Waals surface area contributed by atoms with Crippen LogP contribution in [0.5, 0.6) is 0 Å². The quantitative estimate of drug-likeness (QED) is 0.00933. The maximum atomic E-state index is 15.9. The zero-order valence-corrected chi connectivity index (χ0v) is 72.2. The normalized spacial score (nSPS) is 16.1. The number of anilines is 3. The number of rotatable bonds is 47. The van der Waals surface area contributed by atoms with Crippen LogP contribution in [0.15, 0.2) is 114 Å². The number of hydrogen-bond donors (Lipinski definition) is 14. The Bertz CT molecular complexity index is 4590. The van der Waals surface area contributed by atoms with Crippen LogP contribution in [0.25, 0.3) is 32.6 Å². The van der Waals surface area contributed by atoms with Crippen LogP contribution < -0.4 is 69.5 Å². The molecule has 2 aliphatic heterocycles. The van der Waals surface area contributed by atoms with Gasteiger partial charge in [-0.15, -0.1) is 0 Å². The summed E-state index contributed by atoms with van der Waals surface area (Å²) in [6.45, 7) is 17.6. The van der Waals surface area contributed by atoms with E-state index in [1.165, 1.54) is 18.9 Å². The molecule has 2 saturated heterocycles. The number of fused-ring (bicyclic) bond motifs is 1. The highest BCUT2D eigenvalue weighted by atomic mass is 35.5. The highest BCUT2D eigenvalue weighted by Gasteiger charge is 2.41. The molecule has 36 heteroatoms. The molecule has 2 fully saturated rings. The number of pyridine rings is 1. The van der Waals surface area contributed by atoms with Crippen LogP contribution in [0.2, 0.25) is 5.02 Å². The Morgan fingerprint density at radius 1 is 0.631 bits per heavy atom. The lowest BCUT2D eigenvalue weighted by molar-refractivity contribution is -0.144. The largest absolute Gasteiger partial charge is 0.394 e. The van der Waals surface area contributed by atoms with E-state index in [0.717, 1.165) is 42.2 Å². The summed E-state index contributed by atoms with van der Waals surface area (Å²) in [6.07, 6.45) is 4.14. The first-order valence-electron chi connectivity index (χ1n) is 41.9. The zero-order valence-electron chi connectivity index (χ0n) is 71.5. The molecule has 0 bridgehead atoms. The Morgan fingerprint density at radius 3 is 1.88 bits per heavy atom. The SMILES string of the molecule is CCNc1nc(NC(C)C)nc(-c2ccc(C[C@@H](C(=O)N[C@@H](CCCCNc3ccc(C4CCCN4C)cn3)C(=O)N[C@@H](CC(C)C)C(=O)N[C@@H](CCCCNC(C)C)C(=O)N3CCC[C@H]3C(=O)N[C@@H](C)C(N)=O)N(C)C(=O)[C@H](CO)NC(=O)[C@H](Cc3cccc4ccccc34)NC(=O)[C@H](Cc3ccc(Cl)cc3)NC(=O)C(N=[N+]=[N-])NC(C)=O)cc2)n1. The average Bonchev–Trinajstić information content (AvgIpc) is 1.80. The van der Waals surface area contributed by atoms with Crippen molar-refractivity contribution < 1.29 is 57.8 Å². The average molecular weight is 1700 g/mol. The van der Waals surface area contributed by atoms with E-state index < -0.39 is 132 Å². The van der Waals surface area contributed by atoms with E-state index in [-0.39, 0.29) is 75.5 Å². The number of halogens is 1. The van der Waals surface area contributed by atoms with Crippen LogP contribution in [0.4, 0.5) is 17.7 Å². The number of unbranched alkanes of at least 4 members (excludes halogenated alkanes) is 2. The summed E-state index contributed by atoms with van der Waals surface area (Å²) >= 11 is 6.25. The molecule has 6 aromatic rings. The number of azide groups is 1. The topological polar surface area (TPSA) is 488 Å². The number of nitrogens with two attached hydrogens (primary N) is 1. The van der Waals surface area contributed by atoms with Crippen LogP contribution >= 0.6 is 11.6 Å². The number of primary amides is 1. The summed E-state index contributed by atoms with van der Waals surface area (Å²) in [6, 6.07) is 17.7. The van der Waals surface area contributed by atoms with E-state index in [1.807, 2.05) is 91.1 Å². The van der Waals surface area contributed by atoms with Gasteiger partial charge in [-0.25, -0.2) is 4.98 Å². The molecule has 4 aromatic carbocycles. The number of aliphatic hydroxyl groups excluding tert-OH is 1. The number of nitrogens with zero attached hydrogens (tertiary/aromatic N) is 10. The second-order valence-electron chi connectivity index (χ2n) is 32.1. The summed E-state index contributed by atoms with van der Waals surface area (Å²) in [5.41, 5.74) is 18.0. The predicted molar refractivity (Wildman–Crippen MR) is 466 cm³/mol. The van der Waals surface area contributed by atoms with E-state index in [2.05, 4.69) is 101 Å². The predicted octanol–water partition coefficient (Wildman–Crippen LogP) is 5.77. The number of aliphatic hydroxyl groups is 1. The van der Waals surface area contributed by atoms with E-state index >= 15 is 24.0 Å². The Morgan fingerprint density at radius 2 is 1.24 bits per heavy atom. The molecule has 2 aliphatic rings. The monoisotopic (exact) mass is 1700 g/mol. The van der Waals surface area contributed by atoms with Crippen molar-refractivity contribution in [1.82, 2.24) is 82.5 Å². The van der Waals surface area contributed by atoms with Gasteiger partial charge in [0.2, 0.25) is 76.9 Å². The standard InChI is InChI=1S/C86H120ClN23O12/c1-12-90-85-103-74(104-86(105-85)94-52(6)7)58-34-30-56(31-35-58)46-71(109(11)83(121)68(49-111)102-79(117)67(47-59-24-19-23-57-22-13-14-25-62(57)59)100-78(116)66(45-55-32-37-61(87)38-33-55)101-82(120)75(106-107-89)96-54(9)112)81(119)97-63(26-15-18-41-92-72-39-36-60(48-93-72)69-28-20-42-108(69)10)76(114)99-65(44-50(2)3)77(115)98-64(27-16-17-40-91-51(4)5)84(122)110-43-21-29-70(110)80(118)95-53(8)73(88)113/h13-14,19,22-25,30-39,48,50-53,63-71,75,91,111H,12,15-18,20-21,26-29,40-47,49H2,1-11H3,(H2,88,113)(H,92,93)(H,95,118)(H,96,112)(H,97,119)(H,98,115)(H,99,114)(H,100,116)(H,101,120)(H,102,117)(H2,90,94,103,104,105)/t53-,63-,64-,65-,66-,67-,68-,69?,70-,71-,75?/m0/s1. The Labute approximate surface area is 717 Å². The van der Waals surface area contributed by atoms with Crippen LogP contribution in [-0.2, 0) is 72.0 Å². The lowest BCUT2D eigenvalue weighted by Gasteiger charge is -2.33. The molecule has 2 unspecified atom stereocenters. The van der Waals surface area contributed by atoms with E-state index in [1.54, 1.807) is 66.7 Å². The first-order chi connectivity index (χ1) is 58.3. The first kappa shape index (κ1) is 95.8. The molecule has 0 saturated carbocycles. The van der Waals surface area contributed by atoms with Crippen molar-refractivity contribution in [2.24, 2.45) is 16.8 Å². The van der Waals surface area contributed by atoms with Crippen LogP contribution in [0, 0.1) is 5.92 Å². The van der Waals surface area contributed by atoms with Gasteiger partial charge >= 0.3 is 0 Å². The van der Waals surface area contributed by atoms with Crippen molar-refractivity contribution in [3.63, 3.8) is 0 Å². The molecule has 2 aromatic heterocycles. The molecule has 658 valence electrons. The molecule has 35 nitrogen and oxygen atoms in total. The van der Waals surface area contributed by atoms with Gasteiger partial charge in [0.15, 0.2) is 12.0 Å². The molecule has 0 radical (unpaired) electrons. The van der Waals surface area contributed by atoms with Gasteiger partial charge < -0.3 is 84.4 Å². The molecule has 0 aliphatic carbocycles. The van der Waals surface area contributed by atoms with Crippen molar-refractivity contribution in [2.45, 2.75) is 231 Å². The summed E-state index contributed by atoms with van der Waals surface area (Å²) in [4.78, 5) is 185. The minimum absolute atomic E-state index is 0.0332. The number of carbonyl (C=O) groups is 11. The van der Waals surface area contributed by atoms with E-state index in [9.17, 15) is 39.4 Å². The molecule has 122 heavy (non-hydrogen) atoms. The Kier molecular flexibility index (Phi) is 37.3. The van der Waals surface area contributed by atoms with Gasteiger partial charge in [0, 0.05) is 92.7 Å². The Hall–Kier alpha value is -11.7. The van der Waals surface area contributed by atoms with Crippen molar-refractivity contribution in [3.05, 3.63) is 147 Å². The minimum atomic E-state index is -1.85. The second kappa shape index (κ2) is 47.5. The van der Waals surface area contributed by atoms with Gasteiger partial charge in [0.25, 0.3) is 0 Å². The third-order valence-corrected chi connectivity index (χ3v) is 21.5. The Balaban J connectivity index is 1.15. The lowest BCUT2D eigenvalue weighted by Crippen LogP contribution is -2.61. The fraction of sp³-hybridized carbons (Fsp3) is 0.523. The molecule has 15 N–H and O–H groups in total. The second-order valence-corrected chi connectivity index (χ2v) is 32.6. The smallest absolute Gasteiger partial charge is 0.249 e. The number of likely N-dealkylation sites (tertiary alicyclic amines) is 2. The zero-order chi connectivity index (χ0) is 88.7. The summed E-state index contributed by atoms with van der Waals surface area (Å²) in [5, 5.41) is 51.4. The van der Waals surface area contributed by atoms with Gasteiger partial charge in [-0.2, -0.15) is 15.0 Å². The van der Waals surface area contributed by atoms with Crippen LogP contribution in [-0.4, -0.2) is 231 Å². The summed E-state index contributed by atoms with van der Waals surface area (Å²) in [7, 11) is 3.38. The van der Waals surface area contributed by atoms with Crippen molar-refractivity contribution >= 4 is 105 Å². The van der Waals surface area contributed by atoms with Crippen molar-refractivity contribution in [3.8, 4) is 11.4 Å². The number of aromatic nitrogens is 4. The maximum Gasteiger partial charge on any atom is 0.249 e. The van der Waals surface area contributed by atoms with Crippen LogP contribution in [0.3, 0.4) is 0 Å².